The van der Waals surface area contributed by atoms with E-state index in [2.05, 4.69) is 4.90 Å². The number of rotatable bonds is 7. The number of nitro benzene ring substituents is 1. The Morgan fingerprint density at radius 1 is 1.00 bits per heavy atom. The molecule has 4 rings (SSSR count). The lowest BCUT2D eigenvalue weighted by molar-refractivity contribution is -0.386. The minimum absolute atomic E-state index is 0.0233. The van der Waals surface area contributed by atoms with Crippen LogP contribution in [-0.4, -0.2) is 46.8 Å². The van der Waals surface area contributed by atoms with Gasteiger partial charge in [0, 0.05) is 54.4 Å². The van der Waals surface area contributed by atoms with Crippen LogP contribution in [-0.2, 0) is 13.2 Å². The molecule has 1 aliphatic heterocycles. The van der Waals surface area contributed by atoms with Crippen molar-refractivity contribution in [3.05, 3.63) is 91.8 Å². The summed E-state index contributed by atoms with van der Waals surface area (Å²) in [6.45, 7) is 3.05. The van der Waals surface area contributed by atoms with Crippen molar-refractivity contribution in [2.24, 2.45) is 0 Å². The summed E-state index contributed by atoms with van der Waals surface area (Å²) in [6, 6.07) is 14.8. The van der Waals surface area contributed by atoms with Crippen molar-refractivity contribution >= 4 is 34.8 Å². The van der Waals surface area contributed by atoms with E-state index in [-0.39, 0.29) is 29.7 Å². The first-order chi connectivity index (χ1) is 15.9. The van der Waals surface area contributed by atoms with Gasteiger partial charge < -0.3 is 14.1 Å². The Hall–Kier alpha value is -3.07. The number of ether oxygens (including phenoxy) is 1. The predicted octanol–water partition coefficient (Wildman–Crippen LogP) is 5.03. The van der Waals surface area contributed by atoms with Crippen LogP contribution in [0.15, 0.2) is 59.0 Å². The quantitative estimate of drug-likeness (QED) is 0.341. The zero-order valence-electron chi connectivity index (χ0n) is 17.6. The highest BCUT2D eigenvalue weighted by atomic mass is 35.5. The van der Waals surface area contributed by atoms with Gasteiger partial charge in [-0.1, -0.05) is 41.4 Å². The maximum atomic E-state index is 12.8. The predicted molar refractivity (Wildman–Crippen MR) is 124 cm³/mol. The third-order valence-electron chi connectivity index (χ3n) is 5.41. The van der Waals surface area contributed by atoms with Gasteiger partial charge in [-0.3, -0.25) is 19.8 Å². The van der Waals surface area contributed by atoms with Gasteiger partial charge in [-0.25, -0.2) is 0 Å². The Morgan fingerprint density at radius 2 is 1.70 bits per heavy atom. The zero-order chi connectivity index (χ0) is 23.4. The van der Waals surface area contributed by atoms with Gasteiger partial charge in [0.1, 0.15) is 12.4 Å². The monoisotopic (exact) mass is 489 g/mol. The molecule has 1 aliphatic rings. The molecule has 2 aromatic carbocycles. The molecule has 0 atom stereocenters. The average molecular weight is 490 g/mol. The first kappa shape index (κ1) is 23.1. The fraction of sp³-hybridized carbons (Fsp3) is 0.261. The molecule has 2 heterocycles. The van der Waals surface area contributed by atoms with E-state index in [9.17, 15) is 14.9 Å². The van der Waals surface area contributed by atoms with Crippen LogP contribution in [0.3, 0.4) is 0 Å². The number of para-hydroxylation sites is 2. The SMILES string of the molecule is O=C(c1ccc(COc2ccccc2[N+](=O)[O-])o1)N1CCN(Cc2c(Cl)cccc2Cl)CC1. The van der Waals surface area contributed by atoms with E-state index in [4.69, 9.17) is 32.4 Å². The highest BCUT2D eigenvalue weighted by molar-refractivity contribution is 6.35. The Bertz CT molecular complexity index is 1140. The molecule has 0 N–H and O–H groups in total. The summed E-state index contributed by atoms with van der Waals surface area (Å²) in [6.07, 6.45) is 0. The third-order valence-corrected chi connectivity index (χ3v) is 6.12. The van der Waals surface area contributed by atoms with Crippen molar-refractivity contribution in [1.29, 1.82) is 0 Å². The average Bonchev–Trinajstić information content (AvgIpc) is 3.29. The number of nitro groups is 1. The molecule has 8 nitrogen and oxygen atoms in total. The van der Waals surface area contributed by atoms with Crippen LogP contribution >= 0.6 is 23.2 Å². The van der Waals surface area contributed by atoms with Crippen LogP contribution in [0, 0.1) is 10.1 Å². The number of furan rings is 1. The summed E-state index contributed by atoms with van der Waals surface area (Å²) < 4.78 is 11.2. The van der Waals surface area contributed by atoms with Crippen molar-refractivity contribution in [2.45, 2.75) is 13.2 Å². The second-order valence-electron chi connectivity index (χ2n) is 7.55. The van der Waals surface area contributed by atoms with Crippen LogP contribution in [0.1, 0.15) is 21.9 Å². The molecule has 0 unspecified atom stereocenters. The van der Waals surface area contributed by atoms with E-state index in [0.29, 0.717) is 48.5 Å². The van der Waals surface area contributed by atoms with Crippen LogP contribution in [0.2, 0.25) is 10.0 Å². The van der Waals surface area contributed by atoms with Crippen LogP contribution in [0.5, 0.6) is 5.75 Å². The number of piperazine rings is 1. The maximum Gasteiger partial charge on any atom is 0.310 e. The van der Waals surface area contributed by atoms with E-state index in [1.165, 1.54) is 12.1 Å². The molecule has 0 aliphatic carbocycles. The lowest BCUT2D eigenvalue weighted by Crippen LogP contribution is -2.48. The molecule has 1 amide bonds. The number of halogens is 2. The highest BCUT2D eigenvalue weighted by Gasteiger charge is 2.25. The molecule has 172 valence electrons. The maximum absolute atomic E-state index is 12.8. The second-order valence-corrected chi connectivity index (χ2v) is 8.36. The molecule has 1 saturated heterocycles. The van der Waals surface area contributed by atoms with E-state index in [1.807, 2.05) is 18.2 Å². The smallest absolute Gasteiger partial charge is 0.310 e. The molecule has 0 bridgehead atoms. The number of carbonyl (C=O) groups is 1. The normalized spacial score (nSPS) is 14.3. The summed E-state index contributed by atoms with van der Waals surface area (Å²) in [7, 11) is 0. The number of amides is 1. The standard InChI is InChI=1S/C23H21Cl2N3O5/c24-18-4-3-5-19(25)17(18)14-26-10-12-27(13-11-26)23(29)22-9-8-16(33-22)15-32-21-7-2-1-6-20(21)28(30)31/h1-9H,10-15H2. The summed E-state index contributed by atoms with van der Waals surface area (Å²) in [4.78, 5) is 27.4. The summed E-state index contributed by atoms with van der Waals surface area (Å²) in [5.41, 5.74) is 0.756. The number of hydrogen-bond acceptors (Lipinski definition) is 6. The fourth-order valence-corrected chi connectivity index (χ4v) is 4.14. The number of benzene rings is 2. The molecule has 0 saturated carbocycles. The summed E-state index contributed by atoms with van der Waals surface area (Å²) >= 11 is 12.5. The lowest BCUT2D eigenvalue weighted by atomic mass is 10.2. The van der Waals surface area contributed by atoms with E-state index < -0.39 is 4.92 Å². The summed E-state index contributed by atoms with van der Waals surface area (Å²) in [5.74, 6) is 0.547. The van der Waals surface area contributed by atoms with Crippen LogP contribution in [0.4, 0.5) is 5.69 Å². The Balaban J connectivity index is 1.31. The minimum atomic E-state index is -0.508. The molecule has 0 spiro atoms. The van der Waals surface area contributed by atoms with Crippen molar-refractivity contribution in [1.82, 2.24) is 9.80 Å². The Morgan fingerprint density at radius 3 is 2.39 bits per heavy atom. The van der Waals surface area contributed by atoms with E-state index >= 15 is 0 Å². The Kier molecular flexibility index (Phi) is 7.17. The molecule has 1 fully saturated rings. The fourth-order valence-electron chi connectivity index (χ4n) is 3.62. The van der Waals surface area contributed by atoms with Gasteiger partial charge in [0.15, 0.2) is 11.5 Å². The van der Waals surface area contributed by atoms with Gasteiger partial charge in [0.05, 0.1) is 4.92 Å². The first-order valence-corrected chi connectivity index (χ1v) is 11.1. The molecule has 33 heavy (non-hydrogen) atoms. The number of nitrogens with zero attached hydrogens (tertiary/aromatic N) is 3. The molecular formula is C23H21Cl2N3O5. The van der Waals surface area contributed by atoms with Gasteiger partial charge >= 0.3 is 5.69 Å². The topological polar surface area (TPSA) is 89.1 Å². The van der Waals surface area contributed by atoms with Gasteiger partial charge in [0.25, 0.3) is 5.91 Å². The lowest BCUT2D eigenvalue weighted by Gasteiger charge is -2.34. The van der Waals surface area contributed by atoms with Gasteiger partial charge in [-0.05, 0) is 30.3 Å². The van der Waals surface area contributed by atoms with E-state index in [1.54, 1.807) is 29.2 Å². The van der Waals surface area contributed by atoms with Gasteiger partial charge in [-0.2, -0.15) is 0 Å². The van der Waals surface area contributed by atoms with Crippen molar-refractivity contribution in [2.75, 3.05) is 26.2 Å². The third kappa shape index (κ3) is 5.47. The van der Waals surface area contributed by atoms with Crippen molar-refractivity contribution < 1.29 is 18.9 Å². The van der Waals surface area contributed by atoms with E-state index in [0.717, 1.165) is 5.56 Å². The van der Waals surface area contributed by atoms with Crippen molar-refractivity contribution in [3.63, 3.8) is 0 Å². The zero-order valence-corrected chi connectivity index (χ0v) is 19.1. The molecule has 3 aromatic rings. The molecule has 1 aromatic heterocycles. The van der Waals surface area contributed by atoms with Crippen LogP contribution in [0.25, 0.3) is 0 Å². The summed E-state index contributed by atoms with van der Waals surface area (Å²) in [5, 5.41) is 12.4. The molecule has 10 heteroatoms. The minimum Gasteiger partial charge on any atom is -0.479 e. The second kappa shape index (κ2) is 10.2. The molecule has 0 radical (unpaired) electrons. The van der Waals surface area contributed by atoms with Gasteiger partial charge in [-0.15, -0.1) is 0 Å². The van der Waals surface area contributed by atoms with Crippen molar-refractivity contribution in [3.8, 4) is 5.75 Å². The first-order valence-electron chi connectivity index (χ1n) is 10.3. The Labute approximate surface area is 200 Å². The largest absolute Gasteiger partial charge is 0.479 e. The highest BCUT2D eigenvalue weighted by Crippen LogP contribution is 2.28. The number of hydrogen-bond donors (Lipinski definition) is 0. The van der Waals surface area contributed by atoms with Gasteiger partial charge in [0.2, 0.25) is 0 Å². The van der Waals surface area contributed by atoms with Crippen LogP contribution < -0.4 is 4.74 Å². The molecular weight excluding hydrogens is 469 g/mol. The number of carbonyl (C=O) groups excluding carboxylic acids is 1.